The topological polar surface area (TPSA) is 49.6 Å². The Labute approximate surface area is 79.5 Å². The van der Waals surface area contributed by atoms with Gasteiger partial charge in [-0.25, -0.2) is 9.97 Å². The third kappa shape index (κ3) is 3.66. The Morgan fingerprint density at radius 1 is 1.38 bits per heavy atom. The van der Waals surface area contributed by atoms with Crippen molar-refractivity contribution in [3.63, 3.8) is 0 Å². The maximum Gasteiger partial charge on any atom is 0.144 e. The zero-order chi connectivity index (χ0) is 10.3. The van der Waals surface area contributed by atoms with E-state index in [1.54, 1.807) is 6.07 Å². The Morgan fingerprint density at radius 3 is 2.46 bits per heavy atom. The molecule has 0 spiro atoms. The smallest absolute Gasteiger partial charge is 0.144 e. The highest BCUT2D eigenvalue weighted by atomic mass is 14.9. The summed E-state index contributed by atoms with van der Waals surface area (Å²) in [5.74, 6) is 0.738. The maximum absolute atomic E-state index is 8.54. The van der Waals surface area contributed by atoms with Gasteiger partial charge in [-0.1, -0.05) is 20.8 Å². The fourth-order valence-electron chi connectivity index (χ4n) is 0.845. The van der Waals surface area contributed by atoms with Crippen LogP contribution in [-0.4, -0.2) is 9.97 Å². The van der Waals surface area contributed by atoms with Gasteiger partial charge < -0.3 is 0 Å². The summed E-state index contributed by atoms with van der Waals surface area (Å²) in [4.78, 5) is 8.14. The summed E-state index contributed by atoms with van der Waals surface area (Å²) in [6, 6.07) is 3.67. The molecule has 1 aromatic heterocycles. The van der Waals surface area contributed by atoms with Crippen molar-refractivity contribution in [1.82, 2.24) is 9.97 Å². The number of hydrogen-bond acceptors (Lipinski definition) is 3. The van der Waals surface area contributed by atoms with Crippen molar-refractivity contribution in [3.8, 4) is 6.07 Å². The number of aryl methyl sites for hydroxylation is 2. The Morgan fingerprint density at radius 2 is 2.00 bits per heavy atom. The van der Waals surface area contributed by atoms with Crippen LogP contribution >= 0.6 is 0 Å². The summed E-state index contributed by atoms with van der Waals surface area (Å²) < 4.78 is 0. The predicted molar refractivity (Wildman–Crippen MR) is 52.2 cm³/mol. The first-order valence-electron chi connectivity index (χ1n) is 4.51. The minimum atomic E-state index is 0.453. The fourth-order valence-corrected chi connectivity index (χ4v) is 0.845. The zero-order valence-electron chi connectivity index (χ0n) is 8.63. The number of nitriles is 1. The van der Waals surface area contributed by atoms with Crippen LogP contribution in [0.15, 0.2) is 6.07 Å². The van der Waals surface area contributed by atoms with Gasteiger partial charge in [0.2, 0.25) is 0 Å². The molecule has 0 radical (unpaired) electrons. The minimum Gasteiger partial charge on any atom is -0.238 e. The SMILES string of the molecule is CC.CCc1nc(C)cc(C#N)n1. The molecule has 0 saturated carbocycles. The summed E-state index contributed by atoms with van der Waals surface area (Å²) in [7, 11) is 0. The molecule has 0 N–H and O–H groups in total. The molecule has 3 heteroatoms. The van der Waals surface area contributed by atoms with Crippen LogP contribution in [0, 0.1) is 18.3 Å². The van der Waals surface area contributed by atoms with Gasteiger partial charge in [0.05, 0.1) is 0 Å². The van der Waals surface area contributed by atoms with E-state index in [-0.39, 0.29) is 0 Å². The van der Waals surface area contributed by atoms with Gasteiger partial charge in [0, 0.05) is 12.1 Å². The molecule has 1 aromatic rings. The van der Waals surface area contributed by atoms with Crippen LogP contribution in [0.5, 0.6) is 0 Å². The van der Waals surface area contributed by atoms with Crippen LogP contribution < -0.4 is 0 Å². The highest BCUT2D eigenvalue weighted by molar-refractivity contribution is 5.22. The summed E-state index contributed by atoms with van der Waals surface area (Å²) in [5.41, 5.74) is 1.31. The monoisotopic (exact) mass is 177 g/mol. The lowest BCUT2D eigenvalue weighted by molar-refractivity contribution is 0.909. The second-order valence-electron chi connectivity index (χ2n) is 2.28. The molecule has 0 aromatic carbocycles. The number of nitrogens with zero attached hydrogens (tertiary/aromatic N) is 3. The van der Waals surface area contributed by atoms with Crippen molar-refractivity contribution in [2.75, 3.05) is 0 Å². The summed E-state index contributed by atoms with van der Waals surface area (Å²) >= 11 is 0. The van der Waals surface area contributed by atoms with Gasteiger partial charge in [-0.3, -0.25) is 0 Å². The molecule has 0 unspecified atom stereocenters. The quantitative estimate of drug-likeness (QED) is 0.661. The number of rotatable bonds is 1. The predicted octanol–water partition coefficient (Wildman–Crippen LogP) is 2.25. The number of hydrogen-bond donors (Lipinski definition) is 0. The molecular weight excluding hydrogens is 162 g/mol. The second kappa shape index (κ2) is 6.13. The summed E-state index contributed by atoms with van der Waals surface area (Å²) in [6.45, 7) is 7.83. The van der Waals surface area contributed by atoms with Crippen LogP contribution in [0.4, 0.5) is 0 Å². The molecule has 0 aliphatic carbocycles. The third-order valence-corrected chi connectivity index (χ3v) is 1.33. The second-order valence-corrected chi connectivity index (χ2v) is 2.28. The van der Waals surface area contributed by atoms with E-state index in [4.69, 9.17) is 5.26 Å². The number of aromatic nitrogens is 2. The van der Waals surface area contributed by atoms with Crippen LogP contribution in [0.2, 0.25) is 0 Å². The van der Waals surface area contributed by atoms with Crippen molar-refractivity contribution >= 4 is 0 Å². The molecule has 70 valence electrons. The molecule has 13 heavy (non-hydrogen) atoms. The average molecular weight is 177 g/mol. The van der Waals surface area contributed by atoms with Gasteiger partial charge in [-0.2, -0.15) is 5.26 Å². The van der Waals surface area contributed by atoms with E-state index in [1.165, 1.54) is 0 Å². The first kappa shape index (κ1) is 11.6. The van der Waals surface area contributed by atoms with Gasteiger partial charge in [0.15, 0.2) is 0 Å². The van der Waals surface area contributed by atoms with E-state index in [2.05, 4.69) is 9.97 Å². The molecule has 0 amide bonds. The van der Waals surface area contributed by atoms with E-state index in [9.17, 15) is 0 Å². The summed E-state index contributed by atoms with van der Waals surface area (Å²) in [5, 5.41) is 8.54. The molecule has 1 rings (SSSR count). The van der Waals surface area contributed by atoms with Gasteiger partial charge in [-0.05, 0) is 13.0 Å². The van der Waals surface area contributed by atoms with Crippen LogP contribution in [0.3, 0.4) is 0 Å². The summed E-state index contributed by atoms with van der Waals surface area (Å²) in [6.07, 6.45) is 0.774. The standard InChI is InChI=1S/C8H9N3.C2H6/c1-3-8-10-6(2)4-7(5-9)11-8;1-2/h4H,3H2,1-2H3;1-2H3. The molecule has 0 fully saturated rings. The van der Waals surface area contributed by atoms with Crippen LogP contribution in [0.1, 0.15) is 38.0 Å². The van der Waals surface area contributed by atoms with E-state index in [0.717, 1.165) is 17.9 Å². The minimum absolute atomic E-state index is 0.453. The lowest BCUT2D eigenvalue weighted by atomic mass is 10.3. The average Bonchev–Trinajstić information content (AvgIpc) is 2.20. The van der Waals surface area contributed by atoms with Gasteiger partial charge in [-0.15, -0.1) is 0 Å². The first-order valence-corrected chi connectivity index (χ1v) is 4.51. The van der Waals surface area contributed by atoms with Crippen molar-refractivity contribution < 1.29 is 0 Å². The molecule has 3 nitrogen and oxygen atoms in total. The Kier molecular flexibility index (Phi) is 5.45. The Hall–Kier alpha value is -1.43. The molecule has 0 saturated heterocycles. The molecule has 0 bridgehead atoms. The molecular formula is C10H15N3. The largest absolute Gasteiger partial charge is 0.238 e. The van der Waals surface area contributed by atoms with Crippen molar-refractivity contribution in [2.24, 2.45) is 0 Å². The highest BCUT2D eigenvalue weighted by Crippen LogP contribution is 1.99. The van der Waals surface area contributed by atoms with Crippen LogP contribution in [0.25, 0.3) is 0 Å². The van der Waals surface area contributed by atoms with Crippen molar-refractivity contribution in [3.05, 3.63) is 23.3 Å². The molecule has 0 atom stereocenters. The van der Waals surface area contributed by atoms with Gasteiger partial charge in [0.25, 0.3) is 0 Å². The third-order valence-electron chi connectivity index (χ3n) is 1.33. The maximum atomic E-state index is 8.54. The molecule has 0 aliphatic rings. The van der Waals surface area contributed by atoms with E-state index in [1.807, 2.05) is 33.8 Å². The van der Waals surface area contributed by atoms with Crippen LogP contribution in [-0.2, 0) is 6.42 Å². The molecule has 0 aliphatic heterocycles. The fraction of sp³-hybridized carbons (Fsp3) is 0.500. The lowest BCUT2D eigenvalue weighted by Gasteiger charge is -1.96. The van der Waals surface area contributed by atoms with Gasteiger partial charge >= 0.3 is 0 Å². The van der Waals surface area contributed by atoms with Crippen molar-refractivity contribution in [1.29, 1.82) is 5.26 Å². The first-order chi connectivity index (χ1) is 6.26. The lowest BCUT2D eigenvalue weighted by Crippen LogP contribution is -1.97. The van der Waals surface area contributed by atoms with E-state index < -0.39 is 0 Å². The Balaban J connectivity index is 0.000000671. The highest BCUT2D eigenvalue weighted by Gasteiger charge is 1.97. The van der Waals surface area contributed by atoms with Gasteiger partial charge in [0.1, 0.15) is 17.6 Å². The molecule has 1 heterocycles. The zero-order valence-corrected chi connectivity index (χ0v) is 8.63. The van der Waals surface area contributed by atoms with E-state index in [0.29, 0.717) is 5.69 Å². The van der Waals surface area contributed by atoms with Crippen molar-refractivity contribution in [2.45, 2.75) is 34.1 Å². The Bertz CT molecular complexity index is 300. The van der Waals surface area contributed by atoms with E-state index >= 15 is 0 Å². The normalized spacial score (nSPS) is 8.23.